The number of nitrogens with zero attached hydrogens (tertiary/aromatic N) is 1. The number of ether oxygens (including phenoxy) is 2. The zero-order valence-electron chi connectivity index (χ0n) is 17.9. The van der Waals surface area contributed by atoms with E-state index in [1.807, 2.05) is 13.0 Å². The van der Waals surface area contributed by atoms with Crippen LogP contribution in [0, 0.1) is 6.92 Å². The lowest BCUT2D eigenvalue weighted by Crippen LogP contribution is -2.35. The second kappa shape index (κ2) is 8.69. The third-order valence-electron chi connectivity index (χ3n) is 6.23. The van der Waals surface area contributed by atoms with E-state index in [4.69, 9.17) is 9.47 Å². The Morgan fingerprint density at radius 3 is 2.74 bits per heavy atom. The molecule has 1 fully saturated rings. The van der Waals surface area contributed by atoms with Crippen LogP contribution in [-0.2, 0) is 28.9 Å². The summed E-state index contributed by atoms with van der Waals surface area (Å²) in [6.45, 7) is 5.27. The summed E-state index contributed by atoms with van der Waals surface area (Å²) >= 11 is 0. The molecule has 1 atom stereocenters. The van der Waals surface area contributed by atoms with Gasteiger partial charge in [-0.1, -0.05) is 48.5 Å². The van der Waals surface area contributed by atoms with E-state index < -0.39 is 0 Å². The number of rotatable bonds is 5. The van der Waals surface area contributed by atoms with E-state index >= 15 is 0 Å². The highest BCUT2D eigenvalue weighted by Crippen LogP contribution is 2.34. The topological polar surface area (TPSA) is 52.5 Å². The van der Waals surface area contributed by atoms with Crippen LogP contribution in [-0.4, -0.2) is 37.0 Å². The number of aromatic nitrogens is 1. The molecule has 160 valence electrons. The van der Waals surface area contributed by atoms with Crippen molar-refractivity contribution in [1.29, 1.82) is 0 Å². The quantitative estimate of drug-likeness (QED) is 0.688. The number of aryl methyl sites for hydroxylation is 1. The highest BCUT2D eigenvalue weighted by atomic mass is 16.6. The van der Waals surface area contributed by atoms with Crippen molar-refractivity contribution in [3.8, 4) is 11.3 Å². The molecule has 3 heterocycles. The molecule has 2 aliphatic heterocycles. The molecule has 2 aromatic carbocycles. The summed E-state index contributed by atoms with van der Waals surface area (Å²) in [5.74, 6) is 0.860. The van der Waals surface area contributed by atoms with Crippen LogP contribution in [0.5, 0.6) is 0 Å². The van der Waals surface area contributed by atoms with Crippen molar-refractivity contribution in [2.45, 2.75) is 32.4 Å². The molecule has 1 aromatic heterocycles. The molecule has 0 bridgehead atoms. The molecule has 0 radical (unpaired) electrons. The first kappa shape index (κ1) is 20.0. The summed E-state index contributed by atoms with van der Waals surface area (Å²) in [5, 5.41) is 3.44. The van der Waals surface area contributed by atoms with E-state index in [2.05, 4.69) is 52.3 Å². The van der Waals surface area contributed by atoms with Crippen LogP contribution in [0.2, 0.25) is 0 Å². The molecule has 3 aromatic rings. The number of nitrogens with one attached hydrogen (secondary N) is 1. The molecular formula is C26H28N2O3. The molecule has 0 unspecified atom stereocenters. The first-order valence-corrected chi connectivity index (χ1v) is 11.0. The van der Waals surface area contributed by atoms with Gasteiger partial charge in [0.1, 0.15) is 5.82 Å². The van der Waals surface area contributed by atoms with Crippen molar-refractivity contribution in [1.82, 2.24) is 4.57 Å². The van der Waals surface area contributed by atoms with Gasteiger partial charge in [0.2, 0.25) is 0 Å². The number of fused-ring (bicyclic) bond motifs is 3. The number of hydrogen-bond acceptors (Lipinski definition) is 4. The summed E-state index contributed by atoms with van der Waals surface area (Å²) in [5.41, 5.74) is 7.00. The second-order valence-electron chi connectivity index (χ2n) is 8.37. The van der Waals surface area contributed by atoms with Crippen molar-refractivity contribution in [3.63, 3.8) is 0 Å². The first-order chi connectivity index (χ1) is 15.2. The fraction of sp³-hybridized carbons (Fsp3) is 0.346. The minimum absolute atomic E-state index is 0.0119. The van der Waals surface area contributed by atoms with Crippen molar-refractivity contribution >= 4 is 5.82 Å². The van der Waals surface area contributed by atoms with Gasteiger partial charge in [0, 0.05) is 30.3 Å². The Labute approximate surface area is 182 Å². The Balaban J connectivity index is 1.45. The Hall–Kier alpha value is -2.89. The molecule has 2 aliphatic rings. The van der Waals surface area contributed by atoms with Crippen molar-refractivity contribution in [2.24, 2.45) is 0 Å². The number of hydrogen-bond donors (Lipinski definition) is 1. The molecule has 31 heavy (non-hydrogen) atoms. The summed E-state index contributed by atoms with van der Waals surface area (Å²) in [6.07, 6.45) is 1.88. The number of pyridine rings is 1. The van der Waals surface area contributed by atoms with Gasteiger partial charge in [-0.15, -0.1) is 0 Å². The molecule has 0 amide bonds. The molecular weight excluding hydrogens is 388 g/mol. The van der Waals surface area contributed by atoms with E-state index in [1.165, 1.54) is 22.3 Å². The molecule has 1 N–H and O–H groups in total. The third kappa shape index (κ3) is 4.16. The van der Waals surface area contributed by atoms with Gasteiger partial charge < -0.3 is 19.4 Å². The lowest BCUT2D eigenvalue weighted by atomic mass is 9.91. The smallest absolute Gasteiger partial charge is 0.187 e. The number of anilines is 1. The summed E-state index contributed by atoms with van der Waals surface area (Å²) in [7, 11) is 0. The number of benzene rings is 2. The average molecular weight is 417 g/mol. The average Bonchev–Trinajstić information content (AvgIpc) is 2.81. The zero-order chi connectivity index (χ0) is 21.2. The monoisotopic (exact) mass is 416 g/mol. The minimum atomic E-state index is 0.0119. The van der Waals surface area contributed by atoms with E-state index in [0.717, 1.165) is 36.5 Å². The maximum absolute atomic E-state index is 12.8. The Kier molecular flexibility index (Phi) is 5.62. The Morgan fingerprint density at radius 1 is 1.06 bits per heavy atom. The van der Waals surface area contributed by atoms with Gasteiger partial charge in [0.05, 0.1) is 31.6 Å². The molecule has 5 rings (SSSR count). The summed E-state index contributed by atoms with van der Waals surface area (Å²) < 4.78 is 13.5. The zero-order valence-corrected chi connectivity index (χ0v) is 17.9. The van der Waals surface area contributed by atoms with Crippen LogP contribution in [0.3, 0.4) is 0 Å². The van der Waals surface area contributed by atoms with Crippen LogP contribution >= 0.6 is 0 Å². The van der Waals surface area contributed by atoms with Gasteiger partial charge >= 0.3 is 0 Å². The summed E-state index contributed by atoms with van der Waals surface area (Å²) in [6, 6.07) is 18.9. The van der Waals surface area contributed by atoms with Gasteiger partial charge in [-0.2, -0.15) is 0 Å². The van der Waals surface area contributed by atoms with Crippen molar-refractivity contribution in [3.05, 3.63) is 87.1 Å². The Bertz CT molecular complexity index is 1130. The van der Waals surface area contributed by atoms with Crippen molar-refractivity contribution < 1.29 is 9.47 Å². The van der Waals surface area contributed by atoms with Gasteiger partial charge in [0.25, 0.3) is 0 Å². The molecule has 1 saturated heterocycles. The molecule has 5 heteroatoms. The van der Waals surface area contributed by atoms with Crippen LogP contribution in [0.4, 0.5) is 5.82 Å². The SMILES string of the molecule is Cc1c2n(c(NC[C@@H]3COCCO3)cc1=O)CCc1cc(Cc3ccccc3)ccc1-2. The third-order valence-corrected chi connectivity index (χ3v) is 6.23. The van der Waals surface area contributed by atoms with Gasteiger partial charge in [0.15, 0.2) is 5.43 Å². The van der Waals surface area contributed by atoms with Gasteiger partial charge in [-0.05, 0) is 36.5 Å². The van der Waals surface area contributed by atoms with Crippen LogP contribution in [0.1, 0.15) is 22.3 Å². The second-order valence-corrected chi connectivity index (χ2v) is 8.37. The van der Waals surface area contributed by atoms with E-state index in [0.29, 0.717) is 26.4 Å². The Morgan fingerprint density at radius 2 is 1.94 bits per heavy atom. The highest BCUT2D eigenvalue weighted by Gasteiger charge is 2.22. The predicted molar refractivity (Wildman–Crippen MR) is 123 cm³/mol. The van der Waals surface area contributed by atoms with Gasteiger partial charge in [-0.25, -0.2) is 0 Å². The lowest BCUT2D eigenvalue weighted by molar-refractivity contribution is -0.0819. The van der Waals surface area contributed by atoms with Crippen molar-refractivity contribution in [2.75, 3.05) is 31.7 Å². The normalized spacial score (nSPS) is 17.6. The van der Waals surface area contributed by atoms with E-state index in [-0.39, 0.29) is 11.5 Å². The fourth-order valence-corrected chi connectivity index (χ4v) is 4.61. The first-order valence-electron chi connectivity index (χ1n) is 11.0. The molecule has 0 spiro atoms. The van der Waals surface area contributed by atoms with Crippen LogP contribution in [0.25, 0.3) is 11.3 Å². The molecule has 0 saturated carbocycles. The summed E-state index contributed by atoms with van der Waals surface area (Å²) in [4.78, 5) is 12.8. The fourth-order valence-electron chi connectivity index (χ4n) is 4.61. The lowest BCUT2D eigenvalue weighted by Gasteiger charge is -2.29. The minimum Gasteiger partial charge on any atom is -0.376 e. The van der Waals surface area contributed by atoms with E-state index in [1.54, 1.807) is 6.07 Å². The largest absolute Gasteiger partial charge is 0.376 e. The highest BCUT2D eigenvalue weighted by molar-refractivity contribution is 5.71. The standard InChI is InChI=1S/C26H28N2O3/c1-18-24(29)15-25(27-16-22-17-30-11-12-31-22)28-10-9-21-14-20(7-8-23(21)26(18)28)13-19-5-3-2-4-6-19/h2-8,14-15,22,27H,9-13,16-17H2,1H3/t22-/m1/s1. The maximum Gasteiger partial charge on any atom is 0.187 e. The van der Waals surface area contributed by atoms with Gasteiger partial charge in [-0.3, -0.25) is 4.79 Å². The predicted octanol–water partition coefficient (Wildman–Crippen LogP) is 3.80. The molecule has 5 nitrogen and oxygen atoms in total. The molecule has 0 aliphatic carbocycles. The van der Waals surface area contributed by atoms with Crippen LogP contribution < -0.4 is 10.7 Å². The van der Waals surface area contributed by atoms with Crippen LogP contribution in [0.15, 0.2) is 59.4 Å². The van der Waals surface area contributed by atoms with E-state index in [9.17, 15) is 4.79 Å². The maximum atomic E-state index is 12.8.